The van der Waals surface area contributed by atoms with Crippen LogP contribution in [0.5, 0.6) is 0 Å². The van der Waals surface area contributed by atoms with E-state index in [0.717, 1.165) is 98.2 Å². The van der Waals surface area contributed by atoms with Crippen molar-refractivity contribution in [1.82, 2.24) is 16.0 Å². The molecule has 9 rings (SSSR count). The van der Waals surface area contributed by atoms with Crippen LogP contribution in [0.1, 0.15) is 22.3 Å². The molecule has 46 heavy (non-hydrogen) atoms. The number of nitrogens with one attached hydrogen (secondary N) is 3. The van der Waals surface area contributed by atoms with Crippen LogP contribution < -0.4 is 16.0 Å². The third-order valence-electron chi connectivity index (χ3n) is 8.37. The van der Waals surface area contributed by atoms with Gasteiger partial charge < -0.3 is 29.2 Å². The summed E-state index contributed by atoms with van der Waals surface area (Å²) in [5.74, 6) is 3.22. The zero-order valence-electron chi connectivity index (χ0n) is 26.0. The van der Waals surface area contributed by atoms with Gasteiger partial charge in [0.2, 0.25) is 0 Å². The number of hydrogen-bond donors (Lipinski definition) is 3. The summed E-state index contributed by atoms with van der Waals surface area (Å²) < 4.78 is 16.5. The van der Waals surface area contributed by atoms with Crippen molar-refractivity contribution < 1.29 is 13.3 Å². The molecular weight excluding hydrogens is 576 g/mol. The average Bonchev–Trinajstić information content (AvgIpc) is 3.93. The molecule has 0 amide bonds. The van der Waals surface area contributed by atoms with Crippen LogP contribution >= 0.6 is 0 Å². The third kappa shape index (κ3) is 6.68. The highest BCUT2D eigenvalue weighted by Gasteiger charge is 2.14. The van der Waals surface area contributed by atoms with Gasteiger partial charge in [0.05, 0.1) is 38.4 Å². The van der Waals surface area contributed by atoms with E-state index in [1.165, 1.54) is 33.0 Å². The molecule has 234 valence electrons. The van der Waals surface area contributed by atoms with E-state index in [2.05, 4.69) is 74.2 Å². The normalized spacial score (nSPS) is 15.3. The molecule has 6 aromatic rings. The van der Waals surface area contributed by atoms with Gasteiger partial charge in [-0.05, 0) is 30.7 Å². The number of para-hydroxylation sites is 2. The van der Waals surface area contributed by atoms with Crippen molar-refractivity contribution in [3.05, 3.63) is 108 Å². The summed E-state index contributed by atoms with van der Waals surface area (Å²) in [6, 6.07) is 22.5. The number of furan rings is 3. The van der Waals surface area contributed by atoms with E-state index in [1.54, 1.807) is 12.5 Å². The Kier molecular flexibility index (Phi) is 8.80. The van der Waals surface area contributed by atoms with Gasteiger partial charge in [0.1, 0.15) is 34.3 Å². The first-order valence-electron chi connectivity index (χ1n) is 15.9. The average molecular weight is 615 g/mol. The highest BCUT2D eigenvalue weighted by molar-refractivity contribution is 5.92. The summed E-state index contributed by atoms with van der Waals surface area (Å²) >= 11 is 0. The van der Waals surface area contributed by atoms with Crippen molar-refractivity contribution in [2.24, 2.45) is 15.0 Å². The molecule has 0 atom stereocenters. The Balaban J connectivity index is 0.000000110. The van der Waals surface area contributed by atoms with Crippen LogP contribution in [0.25, 0.3) is 32.9 Å². The molecule has 9 heteroatoms. The summed E-state index contributed by atoms with van der Waals surface area (Å²) in [4.78, 5) is 13.2. The lowest BCUT2D eigenvalue weighted by Gasteiger charge is -2.07. The summed E-state index contributed by atoms with van der Waals surface area (Å²) in [5.41, 5.74) is 7.84. The van der Waals surface area contributed by atoms with Gasteiger partial charge in [0.15, 0.2) is 0 Å². The van der Waals surface area contributed by atoms with Crippen molar-refractivity contribution in [2.75, 3.05) is 39.3 Å². The van der Waals surface area contributed by atoms with Gasteiger partial charge in [0.25, 0.3) is 0 Å². The van der Waals surface area contributed by atoms with Crippen LogP contribution in [-0.4, -0.2) is 56.8 Å². The lowest BCUT2D eigenvalue weighted by Crippen LogP contribution is -2.20. The van der Waals surface area contributed by atoms with E-state index >= 15 is 0 Å². The first-order valence-corrected chi connectivity index (χ1v) is 15.9. The van der Waals surface area contributed by atoms with Gasteiger partial charge in [-0.2, -0.15) is 0 Å². The monoisotopic (exact) mass is 614 g/mol. The number of benzene rings is 3. The first-order chi connectivity index (χ1) is 22.7. The SMILES string of the molecule is Cc1ccc2ccoc2c1CC1=NCCN1.c1cc(CC2=NCCN2)c2occc2c1.c1ccc2c(CC3=NCCN3)coc2c1. The van der Waals surface area contributed by atoms with Crippen LogP contribution in [0.15, 0.2) is 114 Å². The summed E-state index contributed by atoms with van der Waals surface area (Å²) in [6.07, 6.45) is 7.83. The van der Waals surface area contributed by atoms with Crippen LogP contribution in [0, 0.1) is 6.92 Å². The molecule has 0 aliphatic carbocycles. The summed E-state index contributed by atoms with van der Waals surface area (Å²) in [5, 5.41) is 13.3. The van der Waals surface area contributed by atoms with E-state index in [9.17, 15) is 0 Å². The molecule has 0 unspecified atom stereocenters. The van der Waals surface area contributed by atoms with Crippen LogP contribution in [-0.2, 0) is 19.3 Å². The molecule has 9 nitrogen and oxygen atoms in total. The molecule has 0 bridgehead atoms. The fourth-order valence-corrected chi connectivity index (χ4v) is 6.00. The third-order valence-corrected chi connectivity index (χ3v) is 8.37. The van der Waals surface area contributed by atoms with E-state index < -0.39 is 0 Å². The Morgan fingerprint density at radius 1 is 0.587 bits per heavy atom. The van der Waals surface area contributed by atoms with Crippen LogP contribution in [0.3, 0.4) is 0 Å². The second kappa shape index (κ2) is 13.8. The zero-order valence-corrected chi connectivity index (χ0v) is 26.0. The maximum atomic E-state index is 5.56. The fraction of sp³-hybridized carbons (Fsp3) is 0.270. The topological polar surface area (TPSA) is 113 Å². The van der Waals surface area contributed by atoms with Crippen molar-refractivity contribution in [3.63, 3.8) is 0 Å². The molecule has 3 aromatic heterocycles. The molecule has 3 aliphatic heterocycles. The minimum Gasteiger partial charge on any atom is -0.464 e. The molecule has 0 spiro atoms. The number of nitrogens with zero attached hydrogens (tertiary/aromatic N) is 3. The maximum absolute atomic E-state index is 5.56. The molecule has 3 aliphatic rings. The van der Waals surface area contributed by atoms with Gasteiger partial charge in [-0.25, -0.2) is 0 Å². The molecule has 3 N–H and O–H groups in total. The standard InChI is InChI=1S/C13H14N2O.2C12H12N2O/c1-9-2-3-10-4-7-16-13(10)11(9)8-12-14-5-6-15-12;1-2-9-4-7-15-12(9)10(3-1)8-11-13-5-6-14-11;1-2-4-11-10(3-1)9(8-15-11)7-12-13-5-6-14-12/h2-4,7H,5-6,8H2,1H3,(H,14,15);1-4,7H,5-6,8H2,(H,13,14);1-4,8H,5-7H2,(H,13,14). The highest BCUT2D eigenvalue weighted by atomic mass is 16.3. The van der Waals surface area contributed by atoms with Gasteiger partial charge in [-0.15, -0.1) is 0 Å². The lowest BCUT2D eigenvalue weighted by atomic mass is 10.0. The number of amidine groups is 3. The fourth-order valence-electron chi connectivity index (χ4n) is 6.00. The van der Waals surface area contributed by atoms with Crippen molar-refractivity contribution in [2.45, 2.75) is 26.2 Å². The van der Waals surface area contributed by atoms with Gasteiger partial charge in [-0.3, -0.25) is 15.0 Å². The Morgan fingerprint density at radius 2 is 1.22 bits per heavy atom. The molecule has 3 aromatic carbocycles. The Hall–Kier alpha value is -5.31. The van der Waals surface area contributed by atoms with E-state index in [-0.39, 0.29) is 0 Å². The second-order valence-corrected chi connectivity index (χ2v) is 11.5. The molecular formula is C37H38N6O3. The summed E-state index contributed by atoms with van der Waals surface area (Å²) in [6.45, 7) is 7.68. The summed E-state index contributed by atoms with van der Waals surface area (Å²) in [7, 11) is 0. The minimum atomic E-state index is 0.838. The number of aryl methyl sites for hydroxylation is 1. The van der Waals surface area contributed by atoms with E-state index in [1.807, 2.05) is 36.6 Å². The molecule has 0 saturated carbocycles. The van der Waals surface area contributed by atoms with Gasteiger partial charge in [-0.1, -0.05) is 48.5 Å². The van der Waals surface area contributed by atoms with Gasteiger partial charge >= 0.3 is 0 Å². The number of fused-ring (bicyclic) bond motifs is 3. The highest BCUT2D eigenvalue weighted by Crippen LogP contribution is 2.25. The van der Waals surface area contributed by atoms with Crippen LogP contribution in [0.4, 0.5) is 0 Å². The number of aliphatic imine (C=N–C) groups is 3. The second-order valence-electron chi connectivity index (χ2n) is 11.5. The predicted molar refractivity (Wildman–Crippen MR) is 185 cm³/mol. The van der Waals surface area contributed by atoms with Crippen molar-refractivity contribution >= 4 is 50.4 Å². The molecule has 0 fully saturated rings. The lowest BCUT2D eigenvalue weighted by molar-refractivity contribution is 0.612. The van der Waals surface area contributed by atoms with E-state index in [4.69, 9.17) is 13.3 Å². The molecule has 0 radical (unpaired) electrons. The Bertz CT molecular complexity index is 2040. The maximum Gasteiger partial charge on any atom is 0.137 e. The number of rotatable bonds is 6. The van der Waals surface area contributed by atoms with E-state index in [0.29, 0.717) is 0 Å². The Morgan fingerprint density at radius 3 is 1.91 bits per heavy atom. The van der Waals surface area contributed by atoms with Crippen LogP contribution in [0.2, 0.25) is 0 Å². The molecule has 0 saturated heterocycles. The minimum absolute atomic E-state index is 0.838. The number of hydrogen-bond acceptors (Lipinski definition) is 9. The van der Waals surface area contributed by atoms with Crippen molar-refractivity contribution in [1.29, 1.82) is 0 Å². The van der Waals surface area contributed by atoms with Crippen molar-refractivity contribution in [3.8, 4) is 0 Å². The zero-order chi connectivity index (χ0) is 31.1. The smallest absolute Gasteiger partial charge is 0.137 e. The molecule has 6 heterocycles. The largest absolute Gasteiger partial charge is 0.464 e. The van der Waals surface area contributed by atoms with Gasteiger partial charge in [0, 0.05) is 71.7 Å². The Labute approximate surface area is 267 Å². The first kappa shape index (κ1) is 29.4. The predicted octanol–water partition coefficient (Wildman–Crippen LogP) is 6.24. The quantitative estimate of drug-likeness (QED) is 0.205.